The molecule has 1 saturated heterocycles. The molecule has 7 rings (SSSR count). The summed E-state index contributed by atoms with van der Waals surface area (Å²) in [5, 5.41) is 14.7. The molecule has 0 bridgehead atoms. The van der Waals surface area contributed by atoms with E-state index in [-0.39, 0.29) is 5.91 Å². The Kier molecular flexibility index (Phi) is 7.96. The molecule has 3 aromatic carbocycles. The van der Waals surface area contributed by atoms with Gasteiger partial charge in [0.25, 0.3) is 11.8 Å². The predicted octanol–water partition coefficient (Wildman–Crippen LogP) is 6.01. The number of aryl methyl sites for hydroxylation is 1. The molecule has 0 radical (unpaired) electrons. The summed E-state index contributed by atoms with van der Waals surface area (Å²) in [4.78, 5) is 15.6. The topological polar surface area (TPSA) is 111 Å². The van der Waals surface area contributed by atoms with Gasteiger partial charge in [-0.2, -0.15) is 0 Å². The molecule has 1 amide bonds. The van der Waals surface area contributed by atoms with E-state index >= 15 is 0 Å². The lowest BCUT2D eigenvalue weighted by molar-refractivity contribution is -0.113. The van der Waals surface area contributed by atoms with E-state index in [4.69, 9.17) is 18.6 Å². The number of hydrogen-bond donors (Lipinski definition) is 2. The zero-order valence-corrected chi connectivity index (χ0v) is 25.4. The number of benzene rings is 3. The molecule has 10 nitrogen and oxygen atoms in total. The molecular weight excluding hydrogens is 570 g/mol. The second-order valence-electron chi connectivity index (χ2n) is 11.3. The van der Waals surface area contributed by atoms with Crippen molar-refractivity contribution in [1.29, 1.82) is 0 Å². The third-order valence-corrected chi connectivity index (χ3v) is 8.36. The van der Waals surface area contributed by atoms with Crippen molar-refractivity contribution in [2.24, 2.45) is 0 Å². The summed E-state index contributed by atoms with van der Waals surface area (Å²) in [6.07, 6.45) is 4.12. The van der Waals surface area contributed by atoms with Crippen molar-refractivity contribution in [3.63, 3.8) is 0 Å². The Morgan fingerprint density at radius 2 is 1.78 bits per heavy atom. The molecule has 4 aromatic rings. The van der Waals surface area contributed by atoms with Crippen LogP contribution in [0.2, 0.25) is 0 Å². The summed E-state index contributed by atoms with van der Waals surface area (Å²) in [7, 11) is 1.63. The molecule has 2 N–H and O–H groups in total. The average Bonchev–Trinajstić information content (AvgIpc) is 3.46. The molecule has 3 aliphatic rings. The van der Waals surface area contributed by atoms with Crippen LogP contribution < -0.4 is 25.0 Å². The fraction of sp³-hybridized carbons (Fsp3) is 0.286. The van der Waals surface area contributed by atoms with Crippen LogP contribution in [0.15, 0.2) is 82.4 Å². The van der Waals surface area contributed by atoms with Gasteiger partial charge in [0.2, 0.25) is 5.89 Å². The van der Waals surface area contributed by atoms with E-state index in [1.807, 2.05) is 42.5 Å². The normalized spacial score (nSPS) is 16.2. The van der Waals surface area contributed by atoms with Crippen LogP contribution >= 0.6 is 0 Å². The molecule has 0 saturated carbocycles. The largest absolute Gasteiger partial charge is 0.496 e. The van der Waals surface area contributed by atoms with E-state index in [9.17, 15) is 4.79 Å². The Morgan fingerprint density at radius 1 is 0.933 bits per heavy atom. The van der Waals surface area contributed by atoms with Crippen molar-refractivity contribution in [3.05, 3.63) is 95.0 Å². The summed E-state index contributed by atoms with van der Waals surface area (Å²) < 4.78 is 22.8. The van der Waals surface area contributed by atoms with Crippen molar-refractivity contribution < 1.29 is 23.4 Å². The fourth-order valence-electron chi connectivity index (χ4n) is 5.94. The molecule has 0 unspecified atom stereocenters. The number of methoxy groups -OCH3 is 1. The van der Waals surface area contributed by atoms with Gasteiger partial charge >= 0.3 is 0 Å². The number of fused-ring (bicyclic) bond motifs is 1. The monoisotopic (exact) mass is 605 g/mol. The minimum Gasteiger partial charge on any atom is -0.496 e. The Bertz CT molecular complexity index is 1790. The van der Waals surface area contributed by atoms with E-state index < -0.39 is 0 Å². The van der Waals surface area contributed by atoms with Crippen LogP contribution in [0.3, 0.4) is 0 Å². The SMILES string of the molecule is COc1cc(C2=CC3=C(CC2)C(=O)Nc2cc(CCOc4ccc(N5CCOCC5)cc4)ccc2N3)ccc1-c1nnc(C)o1. The van der Waals surface area contributed by atoms with Crippen LogP contribution in [0.1, 0.15) is 29.9 Å². The highest BCUT2D eigenvalue weighted by molar-refractivity contribution is 6.09. The first-order valence-corrected chi connectivity index (χ1v) is 15.2. The third kappa shape index (κ3) is 6.14. The number of hydrogen-bond acceptors (Lipinski definition) is 9. The van der Waals surface area contributed by atoms with Gasteiger partial charge in [0.15, 0.2) is 0 Å². The number of ether oxygens (including phenoxy) is 3. The number of rotatable bonds is 8. The number of amides is 1. The van der Waals surface area contributed by atoms with E-state index in [2.05, 4.69) is 50.0 Å². The van der Waals surface area contributed by atoms with Crippen LogP contribution in [0.5, 0.6) is 11.5 Å². The zero-order valence-electron chi connectivity index (χ0n) is 25.4. The number of carbonyl (C=O) groups excluding carboxylic acids is 1. The lowest BCUT2D eigenvalue weighted by atomic mass is 9.90. The summed E-state index contributed by atoms with van der Waals surface area (Å²) in [5.74, 6) is 2.32. The van der Waals surface area contributed by atoms with Crippen molar-refractivity contribution in [2.75, 3.05) is 55.6 Å². The van der Waals surface area contributed by atoms with Crippen LogP contribution in [0.4, 0.5) is 17.1 Å². The second-order valence-corrected chi connectivity index (χ2v) is 11.3. The first-order valence-electron chi connectivity index (χ1n) is 15.2. The van der Waals surface area contributed by atoms with Gasteiger partial charge in [-0.3, -0.25) is 4.79 Å². The Morgan fingerprint density at radius 3 is 2.56 bits per heavy atom. The van der Waals surface area contributed by atoms with Gasteiger partial charge in [-0.1, -0.05) is 12.1 Å². The number of anilines is 3. The van der Waals surface area contributed by atoms with Gasteiger partial charge in [0, 0.05) is 43.4 Å². The number of morpholine rings is 1. The number of carbonyl (C=O) groups is 1. The molecule has 3 heterocycles. The summed E-state index contributed by atoms with van der Waals surface area (Å²) in [6, 6.07) is 20.3. The molecule has 10 heteroatoms. The molecule has 1 aliphatic carbocycles. The second kappa shape index (κ2) is 12.5. The lowest BCUT2D eigenvalue weighted by Crippen LogP contribution is -2.36. The van der Waals surface area contributed by atoms with E-state index in [0.717, 1.165) is 83.4 Å². The standard InChI is InChI=1S/C35H35N5O5/c1-22-38-39-35(45-22)29-11-5-25(21-33(29)42-2)24-4-10-28-31(20-24)36-30-12-3-23(19-32(30)37-34(28)41)13-16-44-27-8-6-26(7-9-27)40-14-17-43-18-15-40/h3,5-9,11-12,19-21,36H,4,10,13-18H2,1-2H3,(H,37,41). The summed E-state index contributed by atoms with van der Waals surface area (Å²) in [6.45, 7) is 5.64. The highest BCUT2D eigenvalue weighted by Crippen LogP contribution is 2.39. The molecule has 0 atom stereocenters. The zero-order chi connectivity index (χ0) is 30.8. The van der Waals surface area contributed by atoms with Gasteiger partial charge in [0.05, 0.1) is 43.9 Å². The first-order chi connectivity index (χ1) is 22.0. The maximum absolute atomic E-state index is 13.3. The Labute approximate surface area is 261 Å². The maximum Gasteiger partial charge on any atom is 0.253 e. The highest BCUT2D eigenvalue weighted by atomic mass is 16.5. The first kappa shape index (κ1) is 28.7. The van der Waals surface area contributed by atoms with Crippen molar-refractivity contribution in [3.8, 4) is 23.0 Å². The van der Waals surface area contributed by atoms with Crippen molar-refractivity contribution in [1.82, 2.24) is 10.2 Å². The predicted molar refractivity (Wildman–Crippen MR) is 173 cm³/mol. The third-order valence-electron chi connectivity index (χ3n) is 8.36. The van der Waals surface area contributed by atoms with Gasteiger partial charge in [-0.15, -0.1) is 10.2 Å². The quantitative estimate of drug-likeness (QED) is 0.250. The Hall–Kier alpha value is -5.09. The smallest absolute Gasteiger partial charge is 0.253 e. The van der Waals surface area contributed by atoms with Crippen LogP contribution in [0, 0.1) is 6.92 Å². The molecule has 0 spiro atoms. The molecule has 230 valence electrons. The minimum atomic E-state index is -0.0833. The van der Waals surface area contributed by atoms with Crippen LogP contribution in [-0.4, -0.2) is 56.1 Å². The van der Waals surface area contributed by atoms with Crippen LogP contribution in [0.25, 0.3) is 17.0 Å². The number of nitrogens with one attached hydrogen (secondary N) is 2. The van der Waals surface area contributed by atoms with Gasteiger partial charge < -0.3 is 34.2 Å². The van der Waals surface area contributed by atoms with Crippen molar-refractivity contribution >= 4 is 28.5 Å². The molecule has 45 heavy (non-hydrogen) atoms. The summed E-state index contributed by atoms with van der Waals surface area (Å²) >= 11 is 0. The summed E-state index contributed by atoms with van der Waals surface area (Å²) in [5.41, 5.74) is 8.29. The Balaban J connectivity index is 1.02. The van der Waals surface area contributed by atoms with Crippen LogP contribution in [-0.2, 0) is 16.0 Å². The van der Waals surface area contributed by atoms with Crippen molar-refractivity contribution in [2.45, 2.75) is 26.2 Å². The minimum absolute atomic E-state index is 0.0833. The van der Waals surface area contributed by atoms with E-state index in [1.54, 1.807) is 14.0 Å². The molecular formula is C35H35N5O5. The molecule has 1 fully saturated rings. The van der Waals surface area contributed by atoms with Gasteiger partial charge in [0.1, 0.15) is 11.5 Å². The van der Waals surface area contributed by atoms with Gasteiger partial charge in [-0.05, 0) is 84.1 Å². The van der Waals surface area contributed by atoms with Gasteiger partial charge in [-0.25, -0.2) is 0 Å². The fourth-order valence-corrected chi connectivity index (χ4v) is 5.94. The number of nitrogens with zero attached hydrogens (tertiary/aromatic N) is 3. The molecule has 2 aliphatic heterocycles. The average molecular weight is 606 g/mol. The highest BCUT2D eigenvalue weighted by Gasteiger charge is 2.25. The lowest BCUT2D eigenvalue weighted by Gasteiger charge is -2.28. The van der Waals surface area contributed by atoms with E-state index in [0.29, 0.717) is 37.0 Å². The molecule has 1 aromatic heterocycles. The number of allylic oxidation sites excluding steroid dienone is 2. The number of aromatic nitrogens is 2. The maximum atomic E-state index is 13.3. The van der Waals surface area contributed by atoms with E-state index in [1.165, 1.54) is 5.69 Å².